The van der Waals surface area contributed by atoms with E-state index in [0.29, 0.717) is 6.10 Å². The SMILES string of the molecule is CC(C)=CC(N)CC1CCCCO1. The average molecular weight is 183 g/mol. The molecule has 1 saturated heterocycles. The van der Waals surface area contributed by atoms with Gasteiger partial charge in [-0.25, -0.2) is 0 Å². The summed E-state index contributed by atoms with van der Waals surface area (Å²) in [5, 5.41) is 0. The summed E-state index contributed by atoms with van der Waals surface area (Å²) < 4.78 is 5.62. The smallest absolute Gasteiger partial charge is 0.0593 e. The maximum absolute atomic E-state index is 5.95. The summed E-state index contributed by atoms with van der Waals surface area (Å²) in [6, 6.07) is 0.174. The molecule has 0 aromatic rings. The minimum Gasteiger partial charge on any atom is -0.378 e. The Balaban J connectivity index is 2.26. The van der Waals surface area contributed by atoms with Gasteiger partial charge >= 0.3 is 0 Å². The lowest BCUT2D eigenvalue weighted by molar-refractivity contribution is 0.00962. The van der Waals surface area contributed by atoms with E-state index >= 15 is 0 Å². The minimum atomic E-state index is 0.174. The third-order valence-corrected chi connectivity index (χ3v) is 2.36. The van der Waals surface area contributed by atoms with Crippen LogP contribution in [0.1, 0.15) is 39.5 Å². The molecule has 0 saturated carbocycles. The van der Waals surface area contributed by atoms with E-state index in [1.54, 1.807) is 0 Å². The predicted molar refractivity (Wildman–Crippen MR) is 55.6 cm³/mol. The van der Waals surface area contributed by atoms with Gasteiger partial charge in [-0.2, -0.15) is 0 Å². The summed E-state index contributed by atoms with van der Waals surface area (Å²) in [5.41, 5.74) is 7.24. The van der Waals surface area contributed by atoms with E-state index in [1.165, 1.54) is 24.8 Å². The van der Waals surface area contributed by atoms with Gasteiger partial charge in [0.2, 0.25) is 0 Å². The molecule has 0 aliphatic carbocycles. The molecular weight excluding hydrogens is 162 g/mol. The van der Waals surface area contributed by atoms with Gasteiger partial charge in [0, 0.05) is 12.6 Å². The summed E-state index contributed by atoms with van der Waals surface area (Å²) in [4.78, 5) is 0. The second-order valence-electron chi connectivity index (χ2n) is 4.13. The van der Waals surface area contributed by atoms with Crippen LogP contribution in [0.25, 0.3) is 0 Å². The fourth-order valence-corrected chi connectivity index (χ4v) is 1.79. The van der Waals surface area contributed by atoms with E-state index in [0.717, 1.165) is 13.0 Å². The van der Waals surface area contributed by atoms with Gasteiger partial charge in [0.25, 0.3) is 0 Å². The Morgan fingerprint density at radius 2 is 2.31 bits per heavy atom. The highest BCUT2D eigenvalue weighted by atomic mass is 16.5. The monoisotopic (exact) mass is 183 g/mol. The zero-order chi connectivity index (χ0) is 9.68. The first kappa shape index (κ1) is 10.7. The first-order valence-corrected chi connectivity index (χ1v) is 5.20. The van der Waals surface area contributed by atoms with Crippen LogP contribution in [0.15, 0.2) is 11.6 Å². The molecule has 0 aromatic heterocycles. The topological polar surface area (TPSA) is 35.2 Å². The van der Waals surface area contributed by atoms with E-state index in [2.05, 4.69) is 19.9 Å². The highest BCUT2D eigenvalue weighted by Gasteiger charge is 2.15. The first-order valence-electron chi connectivity index (χ1n) is 5.20. The molecule has 2 heteroatoms. The van der Waals surface area contributed by atoms with E-state index in [9.17, 15) is 0 Å². The van der Waals surface area contributed by atoms with Crippen LogP contribution in [0.2, 0.25) is 0 Å². The molecule has 1 heterocycles. The van der Waals surface area contributed by atoms with Crippen LogP contribution in [-0.2, 0) is 4.74 Å². The number of ether oxygens (including phenoxy) is 1. The molecular formula is C11H21NO. The summed E-state index contributed by atoms with van der Waals surface area (Å²) in [6.07, 6.45) is 7.20. The number of allylic oxidation sites excluding steroid dienone is 1. The Morgan fingerprint density at radius 3 is 2.85 bits per heavy atom. The highest BCUT2D eigenvalue weighted by Crippen LogP contribution is 2.17. The molecule has 2 atom stereocenters. The van der Waals surface area contributed by atoms with Gasteiger partial charge in [-0.15, -0.1) is 0 Å². The highest BCUT2D eigenvalue weighted by molar-refractivity contribution is 5.00. The van der Waals surface area contributed by atoms with E-state index < -0.39 is 0 Å². The van der Waals surface area contributed by atoms with Crippen molar-refractivity contribution in [1.82, 2.24) is 0 Å². The maximum atomic E-state index is 5.95. The molecule has 0 amide bonds. The van der Waals surface area contributed by atoms with E-state index in [1.807, 2.05) is 0 Å². The first-order chi connectivity index (χ1) is 6.18. The molecule has 2 N–H and O–H groups in total. The van der Waals surface area contributed by atoms with Crippen LogP contribution < -0.4 is 5.73 Å². The summed E-state index contributed by atoms with van der Waals surface area (Å²) in [7, 11) is 0. The molecule has 2 unspecified atom stereocenters. The standard InChI is InChI=1S/C11H21NO/c1-9(2)7-10(12)8-11-5-3-4-6-13-11/h7,10-11H,3-6,8,12H2,1-2H3. The Labute approximate surface area is 81.1 Å². The number of hydrogen-bond donors (Lipinski definition) is 1. The summed E-state index contributed by atoms with van der Waals surface area (Å²) in [6.45, 7) is 5.09. The zero-order valence-corrected chi connectivity index (χ0v) is 8.75. The summed E-state index contributed by atoms with van der Waals surface area (Å²) in [5.74, 6) is 0. The largest absolute Gasteiger partial charge is 0.378 e. The molecule has 0 radical (unpaired) electrons. The Kier molecular flexibility index (Phi) is 4.46. The molecule has 13 heavy (non-hydrogen) atoms. The van der Waals surface area contributed by atoms with Gasteiger partial charge in [0.15, 0.2) is 0 Å². The fourth-order valence-electron chi connectivity index (χ4n) is 1.79. The molecule has 2 nitrogen and oxygen atoms in total. The average Bonchev–Trinajstić information content (AvgIpc) is 2.04. The lowest BCUT2D eigenvalue weighted by Crippen LogP contribution is -2.28. The molecule has 1 rings (SSSR count). The van der Waals surface area contributed by atoms with Crippen molar-refractivity contribution in [2.24, 2.45) is 5.73 Å². The fraction of sp³-hybridized carbons (Fsp3) is 0.818. The van der Waals surface area contributed by atoms with Crippen LogP contribution in [0.4, 0.5) is 0 Å². The lowest BCUT2D eigenvalue weighted by Gasteiger charge is -2.24. The van der Waals surface area contributed by atoms with Gasteiger partial charge in [0.05, 0.1) is 6.10 Å². The molecule has 1 aliphatic heterocycles. The van der Waals surface area contributed by atoms with Gasteiger partial charge < -0.3 is 10.5 Å². The second kappa shape index (κ2) is 5.40. The normalized spacial score (nSPS) is 25.3. The molecule has 0 bridgehead atoms. The van der Waals surface area contributed by atoms with Crippen molar-refractivity contribution in [3.63, 3.8) is 0 Å². The van der Waals surface area contributed by atoms with E-state index in [4.69, 9.17) is 10.5 Å². The van der Waals surface area contributed by atoms with Crippen molar-refractivity contribution in [2.45, 2.75) is 51.7 Å². The Hall–Kier alpha value is -0.340. The van der Waals surface area contributed by atoms with Crippen molar-refractivity contribution in [3.8, 4) is 0 Å². The van der Waals surface area contributed by atoms with Crippen LogP contribution in [0.3, 0.4) is 0 Å². The van der Waals surface area contributed by atoms with Crippen molar-refractivity contribution in [2.75, 3.05) is 6.61 Å². The lowest BCUT2D eigenvalue weighted by atomic mass is 10.0. The predicted octanol–water partition coefficient (Wildman–Crippen LogP) is 2.24. The summed E-state index contributed by atoms with van der Waals surface area (Å²) >= 11 is 0. The van der Waals surface area contributed by atoms with Crippen molar-refractivity contribution >= 4 is 0 Å². The molecule has 1 aliphatic rings. The number of rotatable bonds is 3. The minimum absolute atomic E-state index is 0.174. The molecule has 1 fully saturated rings. The van der Waals surface area contributed by atoms with Crippen molar-refractivity contribution in [3.05, 3.63) is 11.6 Å². The Morgan fingerprint density at radius 1 is 1.54 bits per heavy atom. The van der Waals surface area contributed by atoms with Crippen molar-refractivity contribution < 1.29 is 4.74 Å². The van der Waals surface area contributed by atoms with Gasteiger partial charge in [0.1, 0.15) is 0 Å². The number of hydrogen-bond acceptors (Lipinski definition) is 2. The van der Waals surface area contributed by atoms with Crippen LogP contribution in [0, 0.1) is 0 Å². The molecule has 0 spiro atoms. The quantitative estimate of drug-likeness (QED) is 0.681. The van der Waals surface area contributed by atoms with Gasteiger partial charge in [-0.3, -0.25) is 0 Å². The van der Waals surface area contributed by atoms with Crippen molar-refractivity contribution in [1.29, 1.82) is 0 Å². The third kappa shape index (κ3) is 4.44. The van der Waals surface area contributed by atoms with E-state index in [-0.39, 0.29) is 6.04 Å². The van der Waals surface area contributed by atoms with Crippen LogP contribution in [0.5, 0.6) is 0 Å². The molecule has 76 valence electrons. The number of nitrogens with two attached hydrogens (primary N) is 1. The second-order valence-corrected chi connectivity index (χ2v) is 4.13. The molecule has 0 aromatic carbocycles. The Bertz CT molecular complexity index is 167. The van der Waals surface area contributed by atoms with Gasteiger partial charge in [-0.05, 0) is 39.5 Å². The van der Waals surface area contributed by atoms with Crippen LogP contribution >= 0.6 is 0 Å². The third-order valence-electron chi connectivity index (χ3n) is 2.36. The van der Waals surface area contributed by atoms with Gasteiger partial charge in [-0.1, -0.05) is 11.6 Å². The maximum Gasteiger partial charge on any atom is 0.0593 e. The van der Waals surface area contributed by atoms with Crippen LogP contribution in [-0.4, -0.2) is 18.8 Å². The zero-order valence-electron chi connectivity index (χ0n) is 8.75.